The van der Waals surface area contributed by atoms with E-state index in [9.17, 15) is 4.79 Å². The first-order valence-corrected chi connectivity index (χ1v) is 4.13. The van der Waals surface area contributed by atoms with E-state index in [0.717, 1.165) is 0 Å². The molecule has 1 aromatic rings. The fourth-order valence-electron chi connectivity index (χ4n) is 0.848. The van der Waals surface area contributed by atoms with Crippen molar-refractivity contribution in [2.75, 3.05) is 0 Å². The van der Waals surface area contributed by atoms with Gasteiger partial charge in [0.15, 0.2) is 11.5 Å². The lowest BCUT2D eigenvalue weighted by Crippen LogP contribution is -2.53. The topological polar surface area (TPSA) is 129 Å². The maximum absolute atomic E-state index is 11.5. The highest BCUT2D eigenvalue weighted by Gasteiger charge is 2.26. The summed E-state index contributed by atoms with van der Waals surface area (Å²) >= 11 is 0. The Labute approximate surface area is 85.5 Å². The van der Waals surface area contributed by atoms with Crippen LogP contribution in [0.1, 0.15) is 24.3 Å². The minimum Gasteiger partial charge on any atom is -0.409 e. The maximum Gasteiger partial charge on any atom is 0.274 e. The van der Waals surface area contributed by atoms with Crippen LogP contribution in [0, 0.1) is 0 Å². The Morgan fingerprint density at radius 2 is 2.40 bits per heavy atom. The Morgan fingerprint density at radius 1 is 1.73 bits per heavy atom. The van der Waals surface area contributed by atoms with Gasteiger partial charge in [-0.25, -0.2) is 0 Å². The second kappa shape index (κ2) is 3.95. The summed E-state index contributed by atoms with van der Waals surface area (Å²) in [6.45, 7) is 3.19. The van der Waals surface area contributed by atoms with Gasteiger partial charge in [-0.2, -0.15) is 15.4 Å². The maximum atomic E-state index is 11.5. The molecule has 5 N–H and O–H groups in total. The minimum atomic E-state index is -0.954. The number of amides is 1. The van der Waals surface area contributed by atoms with Crippen molar-refractivity contribution in [3.05, 3.63) is 11.9 Å². The molecule has 0 aromatic carbocycles. The van der Waals surface area contributed by atoms with E-state index in [-0.39, 0.29) is 11.5 Å². The van der Waals surface area contributed by atoms with E-state index in [2.05, 4.69) is 25.9 Å². The molecule has 1 amide bonds. The van der Waals surface area contributed by atoms with E-state index >= 15 is 0 Å². The van der Waals surface area contributed by atoms with Gasteiger partial charge >= 0.3 is 0 Å². The number of nitrogens with zero attached hydrogens (tertiary/aromatic N) is 3. The molecule has 0 unspecified atom stereocenters. The molecule has 0 aliphatic rings. The number of aromatic nitrogens is 3. The number of hydrogen-bond donors (Lipinski definition) is 4. The third-order valence-corrected chi connectivity index (χ3v) is 1.82. The monoisotopic (exact) mass is 212 g/mol. The summed E-state index contributed by atoms with van der Waals surface area (Å²) in [6.07, 6.45) is 1.28. The molecule has 82 valence electrons. The van der Waals surface area contributed by atoms with Crippen molar-refractivity contribution in [1.82, 2.24) is 20.7 Å². The van der Waals surface area contributed by atoms with Crippen molar-refractivity contribution in [2.45, 2.75) is 19.4 Å². The molecule has 0 saturated carbocycles. The van der Waals surface area contributed by atoms with Crippen molar-refractivity contribution >= 4 is 11.7 Å². The molecule has 0 bridgehead atoms. The van der Waals surface area contributed by atoms with Crippen LogP contribution in [0.3, 0.4) is 0 Å². The lowest BCUT2D eigenvalue weighted by atomic mass is 10.0. The van der Waals surface area contributed by atoms with Crippen LogP contribution in [0.4, 0.5) is 0 Å². The summed E-state index contributed by atoms with van der Waals surface area (Å²) in [7, 11) is 0. The number of aromatic amines is 1. The zero-order valence-corrected chi connectivity index (χ0v) is 8.35. The molecule has 0 fully saturated rings. The van der Waals surface area contributed by atoms with Crippen molar-refractivity contribution in [3.8, 4) is 0 Å². The number of H-pyrrole nitrogens is 1. The number of oxime groups is 1. The molecule has 0 aliphatic heterocycles. The summed E-state index contributed by atoms with van der Waals surface area (Å²) in [6, 6.07) is 0. The average Bonchev–Trinajstić information content (AvgIpc) is 2.68. The highest BCUT2D eigenvalue weighted by Crippen LogP contribution is 2.03. The predicted octanol–water partition coefficient (Wildman–Crippen LogP) is -0.940. The molecule has 1 aromatic heterocycles. The predicted molar refractivity (Wildman–Crippen MR) is 51.3 cm³/mol. The van der Waals surface area contributed by atoms with Crippen molar-refractivity contribution in [3.63, 3.8) is 0 Å². The third kappa shape index (κ3) is 2.42. The van der Waals surface area contributed by atoms with E-state index < -0.39 is 11.4 Å². The van der Waals surface area contributed by atoms with Crippen LogP contribution in [0.5, 0.6) is 0 Å². The fraction of sp³-hybridized carbons (Fsp3) is 0.429. The smallest absolute Gasteiger partial charge is 0.274 e. The molecule has 0 saturated heterocycles. The fourth-order valence-corrected chi connectivity index (χ4v) is 0.848. The normalized spacial score (nSPS) is 12.5. The van der Waals surface area contributed by atoms with Gasteiger partial charge in [0.2, 0.25) is 0 Å². The van der Waals surface area contributed by atoms with E-state index in [1.54, 1.807) is 13.8 Å². The van der Waals surface area contributed by atoms with E-state index in [1.165, 1.54) is 6.20 Å². The van der Waals surface area contributed by atoms with Crippen LogP contribution >= 0.6 is 0 Å². The van der Waals surface area contributed by atoms with Crippen LogP contribution in [-0.4, -0.2) is 37.9 Å². The van der Waals surface area contributed by atoms with Crippen LogP contribution < -0.4 is 11.1 Å². The lowest BCUT2D eigenvalue weighted by molar-refractivity contribution is 0.0925. The molecule has 0 radical (unpaired) electrons. The van der Waals surface area contributed by atoms with Gasteiger partial charge < -0.3 is 16.3 Å². The van der Waals surface area contributed by atoms with Crippen LogP contribution in [-0.2, 0) is 0 Å². The second-order valence-corrected chi connectivity index (χ2v) is 3.42. The van der Waals surface area contributed by atoms with Crippen molar-refractivity contribution in [2.24, 2.45) is 10.9 Å². The van der Waals surface area contributed by atoms with Gasteiger partial charge in [-0.1, -0.05) is 5.16 Å². The molecule has 1 rings (SSSR count). The SMILES string of the molecule is CC(C)(NC(=O)c1cn[nH]n1)C(N)=NO. The van der Waals surface area contributed by atoms with Gasteiger partial charge in [0.05, 0.1) is 11.7 Å². The number of nitrogens with two attached hydrogens (primary N) is 1. The highest BCUT2D eigenvalue weighted by molar-refractivity contribution is 5.98. The number of hydrogen-bond acceptors (Lipinski definition) is 5. The van der Waals surface area contributed by atoms with Crippen LogP contribution in [0.2, 0.25) is 0 Å². The summed E-state index contributed by atoms with van der Waals surface area (Å²) in [4.78, 5) is 11.5. The van der Waals surface area contributed by atoms with Gasteiger partial charge in [0, 0.05) is 0 Å². The first-order chi connectivity index (χ1) is 6.97. The van der Waals surface area contributed by atoms with Gasteiger partial charge in [0.1, 0.15) is 0 Å². The summed E-state index contributed by atoms with van der Waals surface area (Å²) in [5.41, 5.74) is 4.57. The Balaban J connectivity index is 2.75. The second-order valence-electron chi connectivity index (χ2n) is 3.42. The molecule has 8 nitrogen and oxygen atoms in total. The van der Waals surface area contributed by atoms with Crippen molar-refractivity contribution in [1.29, 1.82) is 0 Å². The average molecular weight is 212 g/mol. The first kappa shape index (κ1) is 11.0. The van der Waals surface area contributed by atoms with Gasteiger partial charge in [0.25, 0.3) is 5.91 Å². The highest BCUT2D eigenvalue weighted by atomic mass is 16.4. The standard InChI is InChI=1S/C7H12N6O2/c1-7(2,6(8)12-15)10-5(14)4-3-9-13-11-4/h3,15H,1-2H3,(H2,8,12)(H,10,14)(H,9,11,13). The van der Waals surface area contributed by atoms with Gasteiger partial charge in [-0.15, -0.1) is 0 Å². The number of carbonyl (C=O) groups excluding carboxylic acids is 1. The first-order valence-electron chi connectivity index (χ1n) is 4.13. The largest absolute Gasteiger partial charge is 0.409 e. The zero-order chi connectivity index (χ0) is 11.5. The number of nitrogens with one attached hydrogen (secondary N) is 2. The number of amidine groups is 1. The third-order valence-electron chi connectivity index (χ3n) is 1.82. The quantitative estimate of drug-likeness (QED) is 0.222. The Bertz CT molecular complexity index is 369. The van der Waals surface area contributed by atoms with E-state index in [0.29, 0.717) is 0 Å². The minimum absolute atomic E-state index is 0.0978. The molecular formula is C7H12N6O2. The van der Waals surface area contributed by atoms with Crippen molar-refractivity contribution < 1.29 is 10.0 Å². The lowest BCUT2D eigenvalue weighted by Gasteiger charge is -2.23. The summed E-state index contributed by atoms with van der Waals surface area (Å²) in [5, 5.41) is 23.2. The Kier molecular flexibility index (Phi) is 2.88. The Hall–Kier alpha value is -2.12. The van der Waals surface area contributed by atoms with Gasteiger partial charge in [-0.05, 0) is 13.8 Å². The molecule has 0 aliphatic carbocycles. The summed E-state index contributed by atoms with van der Waals surface area (Å²) in [5.74, 6) is -0.556. The molecule has 0 spiro atoms. The molecule has 15 heavy (non-hydrogen) atoms. The number of rotatable bonds is 3. The van der Waals surface area contributed by atoms with Crippen LogP contribution in [0.25, 0.3) is 0 Å². The summed E-state index contributed by atoms with van der Waals surface area (Å²) < 4.78 is 0. The van der Waals surface area contributed by atoms with E-state index in [4.69, 9.17) is 10.9 Å². The molecular weight excluding hydrogens is 200 g/mol. The molecule has 8 heteroatoms. The van der Waals surface area contributed by atoms with E-state index in [1.807, 2.05) is 0 Å². The van der Waals surface area contributed by atoms with Crippen LogP contribution in [0.15, 0.2) is 11.4 Å². The molecule has 0 atom stereocenters. The van der Waals surface area contributed by atoms with Gasteiger partial charge in [-0.3, -0.25) is 4.79 Å². The zero-order valence-electron chi connectivity index (χ0n) is 8.35. The number of carbonyl (C=O) groups is 1. The Morgan fingerprint density at radius 3 is 2.87 bits per heavy atom. The molecule has 1 heterocycles.